The Hall–Kier alpha value is -2.81. The van der Waals surface area contributed by atoms with Gasteiger partial charge in [0.2, 0.25) is 0 Å². The first kappa shape index (κ1) is 19.9. The van der Waals surface area contributed by atoms with Crippen LogP contribution in [-0.2, 0) is 4.79 Å². The number of carbonyl (C=O) groups excluding carboxylic acids is 3. The molecule has 1 aliphatic rings. The number of nitrogens with one attached hydrogen (secondary N) is 2. The van der Waals surface area contributed by atoms with Gasteiger partial charge in [-0.05, 0) is 47.7 Å². The van der Waals surface area contributed by atoms with E-state index in [1.54, 1.807) is 24.3 Å². The number of hydrogen-bond acceptors (Lipinski definition) is 5. The van der Waals surface area contributed by atoms with Gasteiger partial charge in [0.25, 0.3) is 17.1 Å². The molecule has 1 heterocycles. The van der Waals surface area contributed by atoms with Crippen LogP contribution in [0.3, 0.4) is 0 Å². The molecule has 3 rings (SSSR count). The number of imide groups is 1. The van der Waals surface area contributed by atoms with Gasteiger partial charge in [-0.25, -0.2) is 4.79 Å². The monoisotopic (exact) mass is 436 g/mol. The molecule has 3 N–H and O–H groups in total. The van der Waals surface area contributed by atoms with Crippen LogP contribution in [0.15, 0.2) is 41.3 Å². The highest BCUT2D eigenvalue weighted by Gasteiger charge is 2.25. The van der Waals surface area contributed by atoms with Gasteiger partial charge in [0.05, 0.1) is 26.1 Å². The van der Waals surface area contributed by atoms with Gasteiger partial charge in [-0.1, -0.05) is 35.3 Å². The molecular formula is C18H10Cl2N2O5S. The first-order valence-corrected chi connectivity index (χ1v) is 9.20. The Morgan fingerprint density at radius 3 is 2.36 bits per heavy atom. The summed E-state index contributed by atoms with van der Waals surface area (Å²) in [6.07, 6.45) is 1.50. The normalized spacial score (nSPS) is 14.9. The zero-order valence-electron chi connectivity index (χ0n) is 13.8. The summed E-state index contributed by atoms with van der Waals surface area (Å²) in [4.78, 5) is 47.0. The fourth-order valence-electron chi connectivity index (χ4n) is 2.39. The molecule has 3 amide bonds. The van der Waals surface area contributed by atoms with Crippen molar-refractivity contribution in [3.8, 4) is 0 Å². The second-order valence-corrected chi connectivity index (χ2v) is 7.38. The van der Waals surface area contributed by atoms with Gasteiger partial charge in [0.1, 0.15) is 0 Å². The predicted molar refractivity (Wildman–Crippen MR) is 107 cm³/mol. The van der Waals surface area contributed by atoms with E-state index in [0.29, 0.717) is 11.3 Å². The average molecular weight is 437 g/mol. The molecule has 0 spiro atoms. The SMILES string of the molecule is O=C1NC(=O)C(=Cc2cccc(NC(=O)c3cc(Cl)c(Cl)cc3C(=O)O)c2)S1. The minimum atomic E-state index is -1.32. The van der Waals surface area contributed by atoms with Crippen LogP contribution >= 0.6 is 35.0 Å². The molecule has 1 saturated heterocycles. The van der Waals surface area contributed by atoms with Crippen molar-refractivity contribution in [2.24, 2.45) is 0 Å². The van der Waals surface area contributed by atoms with Crippen LogP contribution in [0.25, 0.3) is 6.08 Å². The van der Waals surface area contributed by atoms with Crippen LogP contribution in [0, 0.1) is 0 Å². The largest absolute Gasteiger partial charge is 0.478 e. The number of carboxylic acids is 1. The van der Waals surface area contributed by atoms with Crippen molar-refractivity contribution in [3.05, 3.63) is 68.0 Å². The fraction of sp³-hybridized carbons (Fsp3) is 0. The van der Waals surface area contributed by atoms with Crippen molar-refractivity contribution in [2.45, 2.75) is 0 Å². The molecule has 0 unspecified atom stereocenters. The number of halogens is 2. The lowest BCUT2D eigenvalue weighted by molar-refractivity contribution is -0.115. The van der Waals surface area contributed by atoms with E-state index in [2.05, 4.69) is 10.6 Å². The standard InChI is InChI=1S/C18H10Cl2N2O5S/c19-12-6-10(11(17(25)26)7-13(12)20)15(23)21-9-3-1-2-8(4-9)5-14-16(24)22-18(27)28-14/h1-7H,(H,21,23)(H,25,26)(H,22,24,27). The molecule has 28 heavy (non-hydrogen) atoms. The van der Waals surface area contributed by atoms with Gasteiger partial charge in [0, 0.05) is 5.69 Å². The highest BCUT2D eigenvalue weighted by molar-refractivity contribution is 8.18. The lowest BCUT2D eigenvalue weighted by Gasteiger charge is -2.10. The number of carboxylic acid groups (broad SMARTS) is 1. The molecule has 1 fully saturated rings. The molecule has 10 heteroatoms. The van der Waals surface area contributed by atoms with Gasteiger partial charge in [-0.15, -0.1) is 0 Å². The summed E-state index contributed by atoms with van der Waals surface area (Å²) in [5.41, 5.74) is 0.485. The number of rotatable bonds is 4. The van der Waals surface area contributed by atoms with Gasteiger partial charge >= 0.3 is 5.97 Å². The third-order valence-corrected chi connectivity index (χ3v) is 5.15. The lowest BCUT2D eigenvalue weighted by Crippen LogP contribution is -2.17. The van der Waals surface area contributed by atoms with Crippen molar-refractivity contribution in [2.75, 3.05) is 5.32 Å². The average Bonchev–Trinajstić information content (AvgIpc) is 2.94. The molecule has 0 bridgehead atoms. The maximum atomic E-state index is 12.5. The maximum absolute atomic E-state index is 12.5. The van der Waals surface area contributed by atoms with Crippen LogP contribution in [0.4, 0.5) is 10.5 Å². The van der Waals surface area contributed by atoms with Crippen molar-refractivity contribution < 1.29 is 24.3 Å². The minimum absolute atomic E-state index is 0.0196. The van der Waals surface area contributed by atoms with Gasteiger partial charge in [-0.2, -0.15) is 0 Å². The van der Waals surface area contributed by atoms with Crippen molar-refractivity contribution in [1.82, 2.24) is 5.32 Å². The summed E-state index contributed by atoms with van der Waals surface area (Å²) in [7, 11) is 0. The highest BCUT2D eigenvalue weighted by Crippen LogP contribution is 2.28. The molecule has 142 valence electrons. The Morgan fingerprint density at radius 1 is 1.07 bits per heavy atom. The van der Waals surface area contributed by atoms with E-state index in [1.165, 1.54) is 12.1 Å². The van der Waals surface area contributed by atoms with E-state index in [4.69, 9.17) is 23.2 Å². The molecule has 0 atom stereocenters. The Labute approximate surface area is 172 Å². The maximum Gasteiger partial charge on any atom is 0.336 e. The summed E-state index contributed by atoms with van der Waals surface area (Å²) in [5, 5.41) is 13.6. The Kier molecular flexibility index (Phi) is 5.73. The molecule has 0 radical (unpaired) electrons. The topological polar surface area (TPSA) is 113 Å². The second kappa shape index (κ2) is 8.05. The van der Waals surface area contributed by atoms with Crippen molar-refractivity contribution in [3.63, 3.8) is 0 Å². The number of amides is 3. The predicted octanol–water partition coefficient (Wildman–Crippen LogP) is 4.27. The van der Waals surface area contributed by atoms with E-state index in [1.807, 2.05) is 0 Å². The summed E-state index contributed by atoms with van der Waals surface area (Å²) >= 11 is 12.5. The number of aromatic carboxylic acids is 1. The first-order chi connectivity index (χ1) is 13.2. The van der Waals surface area contributed by atoms with Crippen LogP contribution in [0.2, 0.25) is 10.0 Å². The summed E-state index contributed by atoms with van der Waals surface area (Å²) in [6, 6.07) is 8.76. The summed E-state index contributed by atoms with van der Waals surface area (Å²) in [6.45, 7) is 0. The number of anilines is 1. The van der Waals surface area contributed by atoms with E-state index in [-0.39, 0.29) is 26.1 Å². The minimum Gasteiger partial charge on any atom is -0.478 e. The zero-order chi connectivity index (χ0) is 20.4. The van der Waals surface area contributed by atoms with Gasteiger partial charge in [0.15, 0.2) is 0 Å². The van der Waals surface area contributed by atoms with E-state index < -0.39 is 23.0 Å². The molecule has 0 aromatic heterocycles. The molecule has 0 saturated carbocycles. The molecular weight excluding hydrogens is 427 g/mol. The molecule has 7 nitrogen and oxygen atoms in total. The molecule has 1 aliphatic heterocycles. The Bertz CT molecular complexity index is 1070. The highest BCUT2D eigenvalue weighted by atomic mass is 35.5. The fourth-order valence-corrected chi connectivity index (χ4v) is 3.40. The van der Waals surface area contributed by atoms with E-state index in [0.717, 1.165) is 17.8 Å². The Morgan fingerprint density at radius 2 is 1.75 bits per heavy atom. The molecule has 0 aliphatic carbocycles. The number of thioether (sulfide) groups is 1. The lowest BCUT2D eigenvalue weighted by atomic mass is 10.1. The molecule has 2 aromatic rings. The second-order valence-electron chi connectivity index (χ2n) is 5.55. The number of benzene rings is 2. The zero-order valence-corrected chi connectivity index (χ0v) is 16.1. The van der Waals surface area contributed by atoms with E-state index in [9.17, 15) is 24.3 Å². The van der Waals surface area contributed by atoms with Crippen molar-refractivity contribution >= 4 is 69.8 Å². The Balaban J connectivity index is 1.87. The van der Waals surface area contributed by atoms with Crippen LogP contribution < -0.4 is 10.6 Å². The molecule has 2 aromatic carbocycles. The first-order valence-electron chi connectivity index (χ1n) is 7.63. The van der Waals surface area contributed by atoms with E-state index >= 15 is 0 Å². The van der Waals surface area contributed by atoms with Crippen LogP contribution in [0.1, 0.15) is 26.3 Å². The van der Waals surface area contributed by atoms with Crippen LogP contribution in [0.5, 0.6) is 0 Å². The summed E-state index contributed by atoms with van der Waals surface area (Å²) in [5.74, 6) is -2.51. The van der Waals surface area contributed by atoms with Crippen molar-refractivity contribution in [1.29, 1.82) is 0 Å². The van der Waals surface area contributed by atoms with Gasteiger partial charge in [-0.3, -0.25) is 19.7 Å². The number of hydrogen-bond donors (Lipinski definition) is 3. The summed E-state index contributed by atoms with van der Waals surface area (Å²) < 4.78 is 0. The van der Waals surface area contributed by atoms with Gasteiger partial charge < -0.3 is 10.4 Å². The third kappa shape index (κ3) is 4.36. The third-order valence-electron chi connectivity index (χ3n) is 3.62. The smallest absolute Gasteiger partial charge is 0.336 e. The quantitative estimate of drug-likeness (QED) is 0.616. The number of carbonyl (C=O) groups is 4. The van der Waals surface area contributed by atoms with Crippen LogP contribution in [-0.4, -0.2) is 28.1 Å².